The molecule has 1 aromatic heterocycles. The Morgan fingerprint density at radius 2 is 1.95 bits per heavy atom. The van der Waals surface area contributed by atoms with Gasteiger partial charge < -0.3 is 4.90 Å². The molecule has 4 heteroatoms. The number of rotatable bonds is 5. The predicted molar refractivity (Wildman–Crippen MR) is 87.8 cm³/mol. The van der Waals surface area contributed by atoms with Crippen molar-refractivity contribution >= 4 is 11.5 Å². The molecule has 1 aromatic carbocycles. The molecule has 0 amide bonds. The lowest BCUT2D eigenvalue weighted by Gasteiger charge is -2.35. The average molecular weight is 297 g/mol. The van der Waals surface area contributed by atoms with Crippen LogP contribution in [0.4, 0.5) is 5.69 Å². The van der Waals surface area contributed by atoms with E-state index in [-0.39, 0.29) is 0 Å². The topological polar surface area (TPSA) is 38.1 Å². The maximum absolute atomic E-state index is 11.5. The SMILES string of the molecule is CCn1cc(N(Cc2ccccc2)C2CCC(=O)CC2)cn1. The number of carbonyl (C=O) groups excluding carboxylic acids is 1. The number of anilines is 1. The number of aromatic nitrogens is 2. The molecule has 22 heavy (non-hydrogen) atoms. The molecule has 0 N–H and O–H groups in total. The first kappa shape index (κ1) is 14.8. The molecule has 1 aliphatic rings. The third kappa shape index (κ3) is 3.38. The highest BCUT2D eigenvalue weighted by Crippen LogP contribution is 2.27. The summed E-state index contributed by atoms with van der Waals surface area (Å²) in [5, 5.41) is 4.42. The van der Waals surface area contributed by atoms with Crippen molar-refractivity contribution in [2.45, 2.75) is 51.7 Å². The average Bonchev–Trinajstić information content (AvgIpc) is 3.03. The zero-order chi connectivity index (χ0) is 15.4. The zero-order valence-electron chi connectivity index (χ0n) is 13.1. The molecule has 3 rings (SSSR count). The van der Waals surface area contributed by atoms with Gasteiger partial charge in [0.05, 0.1) is 11.9 Å². The molecule has 0 atom stereocenters. The number of hydrogen-bond acceptors (Lipinski definition) is 3. The van der Waals surface area contributed by atoms with E-state index in [0.717, 1.165) is 31.6 Å². The minimum Gasteiger partial charge on any atom is -0.362 e. The zero-order valence-corrected chi connectivity index (χ0v) is 13.1. The van der Waals surface area contributed by atoms with Gasteiger partial charge in [-0.05, 0) is 25.3 Å². The van der Waals surface area contributed by atoms with Gasteiger partial charge in [0.1, 0.15) is 5.78 Å². The van der Waals surface area contributed by atoms with Crippen LogP contribution < -0.4 is 4.90 Å². The van der Waals surface area contributed by atoms with E-state index in [2.05, 4.69) is 47.4 Å². The van der Waals surface area contributed by atoms with Crippen LogP contribution in [-0.4, -0.2) is 21.6 Å². The summed E-state index contributed by atoms with van der Waals surface area (Å²) in [5.74, 6) is 0.403. The molecular formula is C18H23N3O. The smallest absolute Gasteiger partial charge is 0.133 e. The molecule has 0 bridgehead atoms. The first-order valence-electron chi connectivity index (χ1n) is 8.11. The van der Waals surface area contributed by atoms with E-state index in [1.54, 1.807) is 0 Å². The molecule has 1 aliphatic carbocycles. The van der Waals surface area contributed by atoms with Crippen LogP contribution in [0.2, 0.25) is 0 Å². The van der Waals surface area contributed by atoms with Crippen molar-refractivity contribution in [3.8, 4) is 0 Å². The molecule has 1 fully saturated rings. The summed E-state index contributed by atoms with van der Waals surface area (Å²) in [4.78, 5) is 14.0. The van der Waals surface area contributed by atoms with Crippen LogP contribution >= 0.6 is 0 Å². The maximum atomic E-state index is 11.5. The van der Waals surface area contributed by atoms with Crippen LogP contribution in [0, 0.1) is 0 Å². The summed E-state index contributed by atoms with van der Waals surface area (Å²) in [6, 6.07) is 10.9. The minimum atomic E-state index is 0.403. The molecule has 2 aromatic rings. The summed E-state index contributed by atoms with van der Waals surface area (Å²) < 4.78 is 1.96. The Morgan fingerprint density at radius 3 is 2.59 bits per heavy atom. The molecule has 0 unspecified atom stereocenters. The lowest BCUT2D eigenvalue weighted by atomic mass is 9.92. The van der Waals surface area contributed by atoms with Crippen molar-refractivity contribution in [2.24, 2.45) is 0 Å². The number of ketones is 1. The van der Waals surface area contributed by atoms with E-state index in [0.29, 0.717) is 24.7 Å². The second-order valence-electron chi connectivity index (χ2n) is 5.94. The van der Waals surface area contributed by atoms with Crippen LogP contribution in [0.3, 0.4) is 0 Å². The lowest BCUT2D eigenvalue weighted by Crippen LogP contribution is -2.37. The molecule has 0 spiro atoms. The largest absolute Gasteiger partial charge is 0.362 e. The van der Waals surface area contributed by atoms with E-state index in [4.69, 9.17) is 0 Å². The van der Waals surface area contributed by atoms with Gasteiger partial charge in [-0.1, -0.05) is 30.3 Å². The van der Waals surface area contributed by atoms with Gasteiger partial charge >= 0.3 is 0 Å². The Bertz CT molecular complexity index is 610. The minimum absolute atomic E-state index is 0.403. The van der Waals surface area contributed by atoms with Crippen LogP contribution in [0.5, 0.6) is 0 Å². The van der Waals surface area contributed by atoms with Gasteiger partial charge in [-0.2, -0.15) is 5.10 Å². The summed E-state index contributed by atoms with van der Waals surface area (Å²) in [6.07, 6.45) is 7.37. The highest BCUT2D eigenvalue weighted by atomic mass is 16.1. The first-order chi connectivity index (χ1) is 10.8. The van der Waals surface area contributed by atoms with Gasteiger partial charge in [0, 0.05) is 38.2 Å². The maximum Gasteiger partial charge on any atom is 0.133 e. The van der Waals surface area contributed by atoms with E-state index >= 15 is 0 Å². The van der Waals surface area contributed by atoms with Crippen LogP contribution in [0.1, 0.15) is 38.2 Å². The predicted octanol–water partition coefficient (Wildman–Crippen LogP) is 3.42. The van der Waals surface area contributed by atoms with Gasteiger partial charge in [-0.25, -0.2) is 0 Å². The summed E-state index contributed by atoms with van der Waals surface area (Å²) >= 11 is 0. The lowest BCUT2D eigenvalue weighted by molar-refractivity contribution is -0.120. The van der Waals surface area contributed by atoms with Crippen molar-refractivity contribution in [3.63, 3.8) is 0 Å². The summed E-state index contributed by atoms with van der Waals surface area (Å²) in [7, 11) is 0. The number of carbonyl (C=O) groups is 1. The monoisotopic (exact) mass is 297 g/mol. The molecule has 1 heterocycles. The number of benzene rings is 1. The van der Waals surface area contributed by atoms with Gasteiger partial charge in [0.25, 0.3) is 0 Å². The normalized spacial score (nSPS) is 16.0. The highest BCUT2D eigenvalue weighted by Gasteiger charge is 2.25. The molecule has 0 aliphatic heterocycles. The van der Waals surface area contributed by atoms with E-state index in [1.165, 1.54) is 5.56 Å². The first-order valence-corrected chi connectivity index (χ1v) is 8.11. The Morgan fingerprint density at radius 1 is 1.23 bits per heavy atom. The quantitative estimate of drug-likeness (QED) is 0.848. The fourth-order valence-corrected chi connectivity index (χ4v) is 3.12. The summed E-state index contributed by atoms with van der Waals surface area (Å²) in [5.41, 5.74) is 2.45. The summed E-state index contributed by atoms with van der Waals surface area (Å²) in [6.45, 7) is 3.84. The van der Waals surface area contributed by atoms with Crippen LogP contribution in [0.15, 0.2) is 42.7 Å². The Hall–Kier alpha value is -2.10. The van der Waals surface area contributed by atoms with Gasteiger partial charge in [0.15, 0.2) is 0 Å². The number of hydrogen-bond donors (Lipinski definition) is 0. The van der Waals surface area contributed by atoms with E-state index in [1.807, 2.05) is 16.9 Å². The van der Waals surface area contributed by atoms with Crippen LogP contribution in [0.25, 0.3) is 0 Å². The Labute approximate surface area is 131 Å². The van der Waals surface area contributed by atoms with Crippen molar-refractivity contribution in [1.29, 1.82) is 0 Å². The molecule has 116 valence electrons. The standard InChI is InChI=1S/C18H23N3O/c1-2-20-14-17(12-19-20)21(13-15-6-4-3-5-7-15)16-8-10-18(22)11-9-16/h3-7,12,14,16H,2,8-11,13H2,1H3. The van der Waals surface area contributed by atoms with Crippen molar-refractivity contribution < 1.29 is 4.79 Å². The molecular weight excluding hydrogens is 274 g/mol. The van der Waals surface area contributed by atoms with Gasteiger partial charge in [-0.15, -0.1) is 0 Å². The van der Waals surface area contributed by atoms with Crippen molar-refractivity contribution in [3.05, 3.63) is 48.3 Å². The third-order valence-electron chi connectivity index (χ3n) is 4.42. The molecule has 4 nitrogen and oxygen atoms in total. The molecule has 1 saturated carbocycles. The second kappa shape index (κ2) is 6.77. The van der Waals surface area contributed by atoms with Gasteiger partial charge in [-0.3, -0.25) is 9.48 Å². The molecule has 0 saturated heterocycles. The fraction of sp³-hybridized carbons (Fsp3) is 0.444. The van der Waals surface area contributed by atoms with Crippen LogP contribution in [-0.2, 0) is 17.9 Å². The number of nitrogens with zero attached hydrogens (tertiary/aromatic N) is 3. The molecule has 0 radical (unpaired) electrons. The van der Waals surface area contributed by atoms with E-state index < -0.39 is 0 Å². The van der Waals surface area contributed by atoms with Crippen molar-refractivity contribution in [1.82, 2.24) is 9.78 Å². The number of Topliss-reactive ketones (excluding diaryl/α,β-unsaturated/α-hetero) is 1. The van der Waals surface area contributed by atoms with Gasteiger partial charge in [0.2, 0.25) is 0 Å². The Kier molecular flexibility index (Phi) is 4.56. The fourth-order valence-electron chi connectivity index (χ4n) is 3.12. The third-order valence-corrected chi connectivity index (χ3v) is 4.42. The second-order valence-corrected chi connectivity index (χ2v) is 5.94. The Balaban J connectivity index is 1.82. The van der Waals surface area contributed by atoms with Crippen molar-refractivity contribution in [2.75, 3.05) is 4.90 Å². The highest BCUT2D eigenvalue weighted by molar-refractivity contribution is 5.79. The number of aryl methyl sites for hydroxylation is 1. The van der Waals surface area contributed by atoms with E-state index in [9.17, 15) is 4.79 Å².